The van der Waals surface area contributed by atoms with Crippen molar-refractivity contribution in [3.05, 3.63) is 84.1 Å². The molecule has 6 heteroatoms. The topological polar surface area (TPSA) is 63.8 Å². The summed E-state index contributed by atoms with van der Waals surface area (Å²) in [6.07, 6.45) is 2.97. The second-order valence-corrected chi connectivity index (χ2v) is 4.82. The molecule has 1 aromatic heterocycles. The molecule has 3 aromatic rings. The number of esters is 1. The molecule has 0 aliphatic carbocycles. The number of benzene rings is 2. The molecule has 5 nitrogen and oxygen atoms in total. The average molecular weight is 324 g/mol. The van der Waals surface area contributed by atoms with Crippen LogP contribution in [0.15, 0.2) is 76.4 Å². The Labute approximate surface area is 137 Å². The van der Waals surface area contributed by atoms with Crippen LogP contribution in [0, 0.1) is 5.82 Å². The molecule has 120 valence electrons. The lowest BCUT2D eigenvalue weighted by Crippen LogP contribution is -2.07. The van der Waals surface area contributed by atoms with Crippen molar-refractivity contribution >= 4 is 17.9 Å². The van der Waals surface area contributed by atoms with Crippen LogP contribution in [0.25, 0.3) is 0 Å². The van der Waals surface area contributed by atoms with Crippen LogP contribution in [-0.2, 0) is 0 Å². The van der Waals surface area contributed by atoms with Crippen LogP contribution in [-0.4, -0.2) is 12.2 Å². The predicted octanol–water partition coefficient (Wildman–Crippen LogP) is 4.08. The van der Waals surface area contributed by atoms with Gasteiger partial charge >= 0.3 is 5.97 Å². The van der Waals surface area contributed by atoms with E-state index in [0.717, 1.165) is 5.56 Å². The van der Waals surface area contributed by atoms with E-state index in [1.54, 1.807) is 48.7 Å². The van der Waals surface area contributed by atoms with Crippen LogP contribution in [0.2, 0.25) is 0 Å². The van der Waals surface area contributed by atoms with E-state index in [1.807, 2.05) is 0 Å². The third-order valence-electron chi connectivity index (χ3n) is 3.04. The van der Waals surface area contributed by atoms with Gasteiger partial charge in [-0.15, -0.1) is 0 Å². The molecule has 1 N–H and O–H groups in total. The van der Waals surface area contributed by atoms with Crippen molar-refractivity contribution in [1.82, 2.24) is 0 Å². The Hall–Kier alpha value is -3.41. The van der Waals surface area contributed by atoms with Gasteiger partial charge in [-0.25, -0.2) is 9.18 Å². The maximum Gasteiger partial charge on any atom is 0.379 e. The summed E-state index contributed by atoms with van der Waals surface area (Å²) >= 11 is 0. The van der Waals surface area contributed by atoms with E-state index in [1.165, 1.54) is 24.5 Å². The summed E-state index contributed by atoms with van der Waals surface area (Å²) in [4.78, 5) is 11.8. The Morgan fingerprint density at radius 3 is 2.71 bits per heavy atom. The van der Waals surface area contributed by atoms with Gasteiger partial charge in [0.2, 0.25) is 5.76 Å². The summed E-state index contributed by atoms with van der Waals surface area (Å²) in [5, 5.41) is 4.06. The molecule has 0 atom stereocenters. The minimum Gasteiger partial charge on any atom is -0.457 e. The summed E-state index contributed by atoms with van der Waals surface area (Å²) < 4.78 is 23.0. The lowest BCUT2D eigenvalue weighted by molar-refractivity contribution is 0.0701. The summed E-state index contributed by atoms with van der Waals surface area (Å²) in [7, 11) is 0. The van der Waals surface area contributed by atoms with Crippen molar-refractivity contribution in [3.8, 4) is 5.75 Å². The number of carbonyl (C=O) groups is 1. The van der Waals surface area contributed by atoms with E-state index in [0.29, 0.717) is 11.4 Å². The van der Waals surface area contributed by atoms with E-state index in [-0.39, 0.29) is 11.6 Å². The lowest BCUT2D eigenvalue weighted by Gasteiger charge is -2.03. The minimum atomic E-state index is -0.571. The standard InChI is InChI=1S/C18H13FN2O3/c19-14-6-8-15(9-7-14)21-20-12-13-3-1-4-16(11-13)24-18(22)17-5-2-10-23-17/h1-12,21H. The quantitative estimate of drug-likeness (QED) is 0.332. The Morgan fingerprint density at radius 2 is 1.96 bits per heavy atom. The molecule has 0 saturated carbocycles. The minimum absolute atomic E-state index is 0.132. The van der Waals surface area contributed by atoms with E-state index >= 15 is 0 Å². The highest BCUT2D eigenvalue weighted by molar-refractivity contribution is 5.88. The summed E-state index contributed by atoms with van der Waals surface area (Å²) in [6.45, 7) is 0. The highest BCUT2D eigenvalue weighted by Crippen LogP contribution is 2.15. The molecule has 0 aliphatic heterocycles. The van der Waals surface area contributed by atoms with Gasteiger partial charge in [-0.3, -0.25) is 5.43 Å². The third kappa shape index (κ3) is 4.07. The van der Waals surface area contributed by atoms with E-state index < -0.39 is 5.97 Å². The first-order chi connectivity index (χ1) is 11.7. The van der Waals surface area contributed by atoms with Crippen LogP contribution >= 0.6 is 0 Å². The maximum absolute atomic E-state index is 12.8. The number of hydrogen-bond donors (Lipinski definition) is 1. The predicted molar refractivity (Wildman–Crippen MR) is 87.7 cm³/mol. The van der Waals surface area contributed by atoms with E-state index in [9.17, 15) is 9.18 Å². The number of rotatable bonds is 5. The van der Waals surface area contributed by atoms with Crippen LogP contribution in [0.4, 0.5) is 10.1 Å². The molecule has 3 rings (SSSR count). The Balaban J connectivity index is 1.63. The average Bonchev–Trinajstić information content (AvgIpc) is 3.12. The van der Waals surface area contributed by atoms with Gasteiger partial charge in [0.1, 0.15) is 11.6 Å². The van der Waals surface area contributed by atoms with Crippen LogP contribution in [0.3, 0.4) is 0 Å². The molecule has 0 bridgehead atoms. The van der Waals surface area contributed by atoms with Crippen molar-refractivity contribution < 1.29 is 18.3 Å². The lowest BCUT2D eigenvalue weighted by atomic mass is 10.2. The summed E-state index contributed by atoms with van der Waals surface area (Å²) in [5.41, 5.74) is 4.17. The maximum atomic E-state index is 12.8. The number of ether oxygens (including phenoxy) is 1. The fourth-order valence-corrected chi connectivity index (χ4v) is 1.92. The van der Waals surface area contributed by atoms with Crippen molar-refractivity contribution in [2.45, 2.75) is 0 Å². The number of halogens is 1. The van der Waals surface area contributed by atoms with Gasteiger partial charge in [0.25, 0.3) is 0 Å². The summed E-state index contributed by atoms with van der Waals surface area (Å²) in [5.74, 6) is -0.372. The van der Waals surface area contributed by atoms with Crippen molar-refractivity contribution in [1.29, 1.82) is 0 Å². The highest BCUT2D eigenvalue weighted by Gasteiger charge is 2.11. The zero-order valence-corrected chi connectivity index (χ0v) is 12.5. The van der Waals surface area contributed by atoms with Gasteiger partial charge < -0.3 is 9.15 Å². The van der Waals surface area contributed by atoms with Gasteiger partial charge in [-0.1, -0.05) is 12.1 Å². The molecule has 0 saturated heterocycles. The molecular weight excluding hydrogens is 311 g/mol. The Kier molecular flexibility index (Phi) is 4.67. The first kappa shape index (κ1) is 15.5. The smallest absolute Gasteiger partial charge is 0.379 e. The zero-order valence-electron chi connectivity index (χ0n) is 12.5. The molecule has 0 spiro atoms. The first-order valence-electron chi connectivity index (χ1n) is 7.11. The SMILES string of the molecule is O=C(Oc1cccc(C=NNc2ccc(F)cc2)c1)c1ccco1. The highest BCUT2D eigenvalue weighted by atomic mass is 19.1. The van der Waals surface area contributed by atoms with Crippen molar-refractivity contribution in [2.75, 3.05) is 5.43 Å². The number of carbonyl (C=O) groups excluding carboxylic acids is 1. The summed E-state index contributed by atoms with van der Waals surface area (Å²) in [6, 6.07) is 15.8. The molecule has 1 heterocycles. The first-order valence-corrected chi connectivity index (χ1v) is 7.11. The number of hydrogen-bond acceptors (Lipinski definition) is 5. The van der Waals surface area contributed by atoms with Gasteiger partial charge in [-0.2, -0.15) is 5.10 Å². The van der Waals surface area contributed by atoms with Crippen LogP contribution < -0.4 is 10.2 Å². The van der Waals surface area contributed by atoms with E-state index in [2.05, 4.69) is 10.5 Å². The number of hydrazone groups is 1. The van der Waals surface area contributed by atoms with Crippen LogP contribution in [0.5, 0.6) is 5.75 Å². The number of furan rings is 1. The Bertz CT molecular complexity index is 843. The van der Waals surface area contributed by atoms with Gasteiger partial charge in [0.15, 0.2) is 0 Å². The van der Waals surface area contributed by atoms with E-state index in [4.69, 9.17) is 9.15 Å². The monoisotopic (exact) mass is 324 g/mol. The fraction of sp³-hybridized carbons (Fsp3) is 0. The molecule has 0 fully saturated rings. The zero-order chi connectivity index (χ0) is 16.8. The molecule has 24 heavy (non-hydrogen) atoms. The van der Waals surface area contributed by atoms with Gasteiger partial charge in [-0.05, 0) is 54.1 Å². The molecule has 0 amide bonds. The second kappa shape index (κ2) is 7.23. The Morgan fingerprint density at radius 1 is 1.12 bits per heavy atom. The third-order valence-corrected chi connectivity index (χ3v) is 3.04. The molecular formula is C18H13FN2O3. The molecule has 2 aromatic carbocycles. The van der Waals surface area contributed by atoms with Gasteiger partial charge in [0.05, 0.1) is 18.2 Å². The van der Waals surface area contributed by atoms with Crippen molar-refractivity contribution in [3.63, 3.8) is 0 Å². The fourth-order valence-electron chi connectivity index (χ4n) is 1.92. The number of nitrogens with zero attached hydrogens (tertiary/aromatic N) is 1. The number of anilines is 1. The second-order valence-electron chi connectivity index (χ2n) is 4.82. The largest absolute Gasteiger partial charge is 0.457 e. The molecule has 0 unspecified atom stereocenters. The van der Waals surface area contributed by atoms with Gasteiger partial charge in [0, 0.05) is 0 Å². The normalized spacial score (nSPS) is 10.7. The molecule has 0 aliphatic rings. The van der Waals surface area contributed by atoms with Crippen molar-refractivity contribution in [2.24, 2.45) is 5.10 Å². The van der Waals surface area contributed by atoms with Crippen LogP contribution in [0.1, 0.15) is 16.1 Å². The molecule has 0 radical (unpaired) electrons. The number of nitrogens with one attached hydrogen (secondary N) is 1.